The molecule has 4 nitrogen and oxygen atoms in total. The van der Waals surface area contributed by atoms with Gasteiger partial charge < -0.3 is 5.32 Å². The van der Waals surface area contributed by atoms with Crippen molar-refractivity contribution in [2.24, 2.45) is 5.92 Å². The predicted molar refractivity (Wildman–Crippen MR) is 59.7 cm³/mol. The van der Waals surface area contributed by atoms with E-state index in [1.54, 1.807) is 0 Å². The van der Waals surface area contributed by atoms with Crippen LogP contribution in [0.15, 0.2) is 0 Å². The van der Waals surface area contributed by atoms with E-state index in [9.17, 15) is 9.59 Å². The lowest BCUT2D eigenvalue weighted by Gasteiger charge is -2.34. The molecular weight excluding hydrogens is 212 g/mol. The number of likely N-dealkylation sites (N-methyl/N-ethyl adjacent to an activating group) is 1. The molecule has 2 fully saturated rings. The van der Waals surface area contributed by atoms with E-state index in [4.69, 9.17) is 0 Å². The largest absolute Gasteiger partial charge is 0.337 e. The molecule has 0 aromatic carbocycles. The van der Waals surface area contributed by atoms with Crippen LogP contribution in [0.5, 0.6) is 0 Å². The third-order valence-corrected chi connectivity index (χ3v) is 3.89. The second-order valence-electron chi connectivity index (χ2n) is 4.13. The lowest BCUT2D eigenvalue weighted by molar-refractivity contribution is -0.136. The zero-order valence-corrected chi connectivity index (χ0v) is 9.88. The van der Waals surface area contributed by atoms with Gasteiger partial charge in [-0.15, -0.1) is 12.6 Å². The molecule has 0 aromatic rings. The first kappa shape index (κ1) is 11.0. The summed E-state index contributed by atoms with van der Waals surface area (Å²) >= 11 is 4.12. The summed E-state index contributed by atoms with van der Waals surface area (Å²) in [6, 6.07) is 0. The van der Waals surface area contributed by atoms with Crippen molar-refractivity contribution in [3.05, 3.63) is 0 Å². The van der Waals surface area contributed by atoms with Crippen molar-refractivity contribution in [1.29, 1.82) is 0 Å². The van der Waals surface area contributed by atoms with Gasteiger partial charge in [-0.1, -0.05) is 13.8 Å². The van der Waals surface area contributed by atoms with Crippen LogP contribution in [0.3, 0.4) is 0 Å². The molecule has 3 atom stereocenters. The van der Waals surface area contributed by atoms with Gasteiger partial charge in [0, 0.05) is 0 Å². The van der Waals surface area contributed by atoms with Gasteiger partial charge in [0.1, 0.15) is 5.37 Å². The summed E-state index contributed by atoms with van der Waals surface area (Å²) in [5, 5.41) is 1.97. The minimum atomic E-state index is -0.628. The summed E-state index contributed by atoms with van der Waals surface area (Å²) in [5.41, 5.74) is -0.530. The Hall–Kier alpha value is -0.550. The summed E-state index contributed by atoms with van der Waals surface area (Å²) < 4.78 is 0. The number of nitrogens with one attached hydrogen (secondary N) is 1. The second-order valence-corrected chi connectivity index (χ2v) is 4.65. The summed E-state index contributed by atoms with van der Waals surface area (Å²) in [6.45, 7) is 5.63. The van der Waals surface area contributed by atoms with Gasteiger partial charge in [0.25, 0.3) is 0 Å². The zero-order chi connectivity index (χ0) is 11.2. The number of amides is 1. The maximum absolute atomic E-state index is 12.1. The molecule has 84 valence electrons. The molecule has 1 saturated carbocycles. The molecule has 5 heteroatoms. The number of nitrogens with zero attached hydrogens (tertiary/aromatic N) is 1. The van der Waals surface area contributed by atoms with E-state index in [0.29, 0.717) is 6.42 Å². The molecule has 1 aliphatic heterocycles. The highest BCUT2D eigenvalue weighted by Gasteiger charge is 2.69. The van der Waals surface area contributed by atoms with Gasteiger partial charge in [0.15, 0.2) is 5.78 Å². The van der Waals surface area contributed by atoms with Crippen molar-refractivity contribution in [3.63, 3.8) is 0 Å². The number of carbonyl (C=O) groups excluding carboxylic acids is 2. The Kier molecular flexibility index (Phi) is 2.55. The van der Waals surface area contributed by atoms with Crippen molar-refractivity contribution in [2.75, 3.05) is 13.1 Å². The van der Waals surface area contributed by atoms with Crippen LogP contribution >= 0.6 is 12.6 Å². The first-order chi connectivity index (χ1) is 7.07. The van der Waals surface area contributed by atoms with Crippen molar-refractivity contribution in [3.8, 4) is 0 Å². The molecule has 1 amide bonds. The normalized spacial score (nSPS) is 38.9. The van der Waals surface area contributed by atoms with Gasteiger partial charge in [-0.2, -0.15) is 0 Å². The maximum Gasteiger partial charge on any atom is 0.226 e. The number of carbonyl (C=O) groups is 2. The molecule has 1 heterocycles. The number of hydrogen-bond acceptors (Lipinski definition) is 4. The summed E-state index contributed by atoms with van der Waals surface area (Å²) in [5.74, 6) is -0.117. The van der Waals surface area contributed by atoms with Crippen molar-refractivity contribution in [2.45, 2.75) is 31.2 Å². The van der Waals surface area contributed by atoms with Crippen LogP contribution in [-0.4, -0.2) is 40.6 Å². The first-order valence-corrected chi connectivity index (χ1v) is 5.87. The van der Waals surface area contributed by atoms with E-state index >= 15 is 0 Å². The van der Waals surface area contributed by atoms with Crippen LogP contribution in [0.4, 0.5) is 0 Å². The number of rotatable bonds is 3. The number of ketones is 1. The molecule has 1 saturated heterocycles. The number of piperidine rings is 1. The van der Waals surface area contributed by atoms with Gasteiger partial charge in [0.2, 0.25) is 5.91 Å². The molecule has 1 N–H and O–H groups in total. The van der Waals surface area contributed by atoms with Gasteiger partial charge in [-0.3, -0.25) is 14.5 Å². The zero-order valence-electron chi connectivity index (χ0n) is 8.99. The summed E-state index contributed by atoms with van der Waals surface area (Å²) in [4.78, 5) is 25.7. The fourth-order valence-corrected chi connectivity index (χ4v) is 3.02. The monoisotopic (exact) mass is 228 g/mol. The Morgan fingerprint density at radius 3 is 2.60 bits per heavy atom. The van der Waals surface area contributed by atoms with Gasteiger partial charge in [0.05, 0.1) is 11.5 Å². The van der Waals surface area contributed by atoms with Gasteiger partial charge in [-0.25, -0.2) is 0 Å². The SMILES string of the molecule is CCN(CC)C12C[C@@H]1C(=O)NC(S)C2=O. The number of Topliss-reactive ketones (excluding diaryl/α,β-unsaturated/α-hetero) is 1. The van der Waals surface area contributed by atoms with E-state index in [-0.39, 0.29) is 17.6 Å². The van der Waals surface area contributed by atoms with E-state index in [0.717, 1.165) is 13.1 Å². The fourth-order valence-electron chi connectivity index (χ4n) is 2.67. The van der Waals surface area contributed by atoms with Crippen LogP contribution in [0.2, 0.25) is 0 Å². The van der Waals surface area contributed by atoms with Crippen LogP contribution in [0.25, 0.3) is 0 Å². The summed E-state index contributed by atoms with van der Waals surface area (Å²) in [7, 11) is 0. The lowest BCUT2D eigenvalue weighted by atomic mass is 10.0. The highest BCUT2D eigenvalue weighted by molar-refractivity contribution is 7.81. The highest BCUT2D eigenvalue weighted by Crippen LogP contribution is 2.52. The number of thiol groups is 1. The maximum atomic E-state index is 12.1. The van der Waals surface area contributed by atoms with E-state index in [1.165, 1.54) is 0 Å². The average molecular weight is 228 g/mol. The molecule has 0 bridgehead atoms. The molecular formula is C10H16N2O2S. The summed E-state index contributed by atoms with van der Waals surface area (Å²) in [6.07, 6.45) is 0.663. The lowest BCUT2D eigenvalue weighted by Crippen LogP contribution is -2.58. The van der Waals surface area contributed by atoms with Gasteiger partial charge in [-0.05, 0) is 19.5 Å². The van der Waals surface area contributed by atoms with E-state index in [1.807, 2.05) is 13.8 Å². The Bertz CT molecular complexity index is 317. The topological polar surface area (TPSA) is 49.4 Å². The van der Waals surface area contributed by atoms with E-state index < -0.39 is 10.9 Å². The molecule has 2 rings (SSSR count). The Morgan fingerprint density at radius 1 is 1.47 bits per heavy atom. The van der Waals surface area contributed by atoms with Crippen LogP contribution in [0, 0.1) is 5.92 Å². The fraction of sp³-hybridized carbons (Fsp3) is 0.800. The minimum Gasteiger partial charge on any atom is -0.337 e. The molecule has 0 aromatic heterocycles. The van der Waals surface area contributed by atoms with Gasteiger partial charge >= 0.3 is 0 Å². The highest BCUT2D eigenvalue weighted by atomic mass is 32.1. The third kappa shape index (κ3) is 1.33. The molecule has 1 aliphatic carbocycles. The molecule has 2 aliphatic rings. The molecule has 2 unspecified atom stereocenters. The average Bonchev–Trinajstić information content (AvgIpc) is 2.94. The van der Waals surface area contributed by atoms with Crippen molar-refractivity contribution < 1.29 is 9.59 Å². The third-order valence-electron chi connectivity index (χ3n) is 3.53. The number of hydrogen-bond donors (Lipinski definition) is 2. The Morgan fingerprint density at radius 2 is 2.07 bits per heavy atom. The molecule has 0 radical (unpaired) electrons. The Balaban J connectivity index is 2.28. The van der Waals surface area contributed by atoms with E-state index in [2.05, 4.69) is 22.8 Å². The molecule has 15 heavy (non-hydrogen) atoms. The smallest absolute Gasteiger partial charge is 0.226 e. The quantitative estimate of drug-likeness (QED) is 0.671. The minimum absolute atomic E-state index is 0.0264. The molecule has 0 spiro atoms. The number of fused-ring (bicyclic) bond motifs is 1. The van der Waals surface area contributed by atoms with Crippen LogP contribution in [0.1, 0.15) is 20.3 Å². The second kappa shape index (κ2) is 3.49. The first-order valence-electron chi connectivity index (χ1n) is 5.35. The Labute approximate surface area is 94.8 Å². The van der Waals surface area contributed by atoms with Crippen LogP contribution < -0.4 is 5.32 Å². The van der Waals surface area contributed by atoms with Crippen molar-refractivity contribution >= 4 is 24.3 Å². The predicted octanol–water partition coefficient (Wildman–Crippen LogP) is 0.0417. The van der Waals surface area contributed by atoms with Crippen LogP contribution in [-0.2, 0) is 9.59 Å². The standard InChI is InChI=1S/C10H16N2O2S/c1-3-12(4-2)10-5-6(10)8(14)11-9(15)7(10)13/h6,9,15H,3-5H2,1-2H3,(H,11,14)/t6-,9?,10?/m1/s1. The van der Waals surface area contributed by atoms with Crippen molar-refractivity contribution in [1.82, 2.24) is 10.2 Å².